The van der Waals surface area contributed by atoms with Crippen molar-refractivity contribution in [1.29, 1.82) is 0 Å². The van der Waals surface area contributed by atoms with Gasteiger partial charge in [0, 0.05) is 23.1 Å². The van der Waals surface area contributed by atoms with Crippen LogP contribution in [0.4, 0.5) is 0 Å². The van der Waals surface area contributed by atoms with Gasteiger partial charge in [0.05, 0.1) is 18.3 Å². The highest BCUT2D eigenvalue weighted by atomic mass is 16.5. The Kier molecular flexibility index (Phi) is 7.48. The Hall–Kier alpha value is -4.55. The van der Waals surface area contributed by atoms with Crippen molar-refractivity contribution in [2.75, 3.05) is 6.54 Å². The molecule has 4 aromatic carbocycles. The van der Waals surface area contributed by atoms with Gasteiger partial charge in [-0.15, -0.1) is 0 Å². The number of nitrogens with zero attached hydrogens (tertiary/aromatic N) is 1. The van der Waals surface area contributed by atoms with Crippen molar-refractivity contribution in [3.8, 4) is 5.75 Å². The molecule has 37 heavy (non-hydrogen) atoms. The molecule has 184 valence electrons. The summed E-state index contributed by atoms with van der Waals surface area (Å²) >= 11 is 0. The summed E-state index contributed by atoms with van der Waals surface area (Å²) in [4.78, 5) is 26.2. The lowest BCUT2D eigenvalue weighted by Gasteiger charge is -2.26. The molecule has 0 saturated heterocycles. The van der Waals surface area contributed by atoms with E-state index < -0.39 is 5.97 Å². The van der Waals surface area contributed by atoms with E-state index in [4.69, 9.17) is 4.74 Å². The fourth-order valence-corrected chi connectivity index (χ4v) is 4.45. The van der Waals surface area contributed by atoms with E-state index in [1.165, 1.54) is 21.6 Å². The molecule has 1 aliphatic heterocycles. The summed E-state index contributed by atoms with van der Waals surface area (Å²) < 4.78 is 5.37. The number of hydrogen-bond donors (Lipinski definition) is 2. The van der Waals surface area contributed by atoms with E-state index in [2.05, 4.69) is 34.8 Å². The minimum atomic E-state index is -0.414. The first-order valence-corrected chi connectivity index (χ1v) is 12.3. The zero-order valence-corrected chi connectivity index (χ0v) is 20.4. The number of hydrazone groups is 1. The Labute approximate surface area is 216 Å². The number of amides is 1. The van der Waals surface area contributed by atoms with Crippen LogP contribution in [0.1, 0.15) is 43.0 Å². The Morgan fingerprint density at radius 3 is 2.27 bits per heavy atom. The number of carbonyl (C=O) groups excluding carboxylic acids is 2. The number of quaternary nitrogens is 1. The van der Waals surface area contributed by atoms with Crippen LogP contribution in [-0.4, -0.2) is 24.6 Å². The average Bonchev–Trinajstić information content (AvgIpc) is 2.95. The monoisotopic (exact) mass is 490 g/mol. The summed E-state index contributed by atoms with van der Waals surface area (Å²) in [5.74, 6) is -0.246. The Morgan fingerprint density at radius 1 is 0.811 bits per heavy atom. The van der Waals surface area contributed by atoms with Crippen molar-refractivity contribution in [2.24, 2.45) is 5.10 Å². The van der Waals surface area contributed by atoms with Gasteiger partial charge in [0.25, 0.3) is 5.91 Å². The lowest BCUT2D eigenvalue weighted by Crippen LogP contribution is -3.10. The molecular weight excluding hydrogens is 462 g/mol. The summed E-state index contributed by atoms with van der Waals surface area (Å²) in [6.07, 6.45) is 2.65. The number of esters is 1. The van der Waals surface area contributed by atoms with E-state index in [1.54, 1.807) is 54.7 Å². The van der Waals surface area contributed by atoms with Crippen LogP contribution in [0.2, 0.25) is 0 Å². The molecule has 1 aliphatic rings. The van der Waals surface area contributed by atoms with Gasteiger partial charge in [0.2, 0.25) is 0 Å². The van der Waals surface area contributed by atoms with Crippen molar-refractivity contribution in [3.63, 3.8) is 0 Å². The fourth-order valence-electron chi connectivity index (χ4n) is 4.45. The minimum Gasteiger partial charge on any atom is -0.423 e. The number of hydrogen-bond acceptors (Lipinski definition) is 4. The van der Waals surface area contributed by atoms with E-state index in [-0.39, 0.29) is 5.91 Å². The Bertz CT molecular complexity index is 1400. The topological polar surface area (TPSA) is 72.2 Å². The lowest BCUT2D eigenvalue weighted by molar-refractivity contribution is -0.929. The van der Waals surface area contributed by atoms with Crippen LogP contribution >= 0.6 is 0 Å². The highest BCUT2D eigenvalue weighted by Gasteiger charge is 2.19. The van der Waals surface area contributed by atoms with Crippen molar-refractivity contribution in [2.45, 2.75) is 19.5 Å². The molecule has 0 radical (unpaired) electrons. The Morgan fingerprint density at radius 2 is 1.51 bits per heavy atom. The average molecular weight is 491 g/mol. The molecule has 0 saturated carbocycles. The smallest absolute Gasteiger partial charge is 0.343 e. The molecule has 6 nitrogen and oxygen atoms in total. The predicted octanol–water partition coefficient (Wildman–Crippen LogP) is 3.81. The number of benzene rings is 4. The molecule has 0 fully saturated rings. The normalized spacial score (nSPS) is 14.6. The molecule has 2 N–H and O–H groups in total. The molecule has 6 heteroatoms. The van der Waals surface area contributed by atoms with Gasteiger partial charge in [-0.25, -0.2) is 10.2 Å². The van der Waals surface area contributed by atoms with E-state index in [0.29, 0.717) is 16.9 Å². The highest BCUT2D eigenvalue weighted by molar-refractivity contribution is 5.95. The molecular formula is C31H28N3O3+. The SMILES string of the molecule is O=C(N/N=C\c1ccc(OC(=O)c2ccccc2)cc1)c1ccc(C[NH+]2CCc3ccccc3C2)cc1. The number of carbonyl (C=O) groups is 2. The first-order chi connectivity index (χ1) is 18.1. The van der Waals surface area contributed by atoms with Gasteiger partial charge in [-0.05, 0) is 59.7 Å². The number of ether oxygens (including phenoxy) is 1. The summed E-state index contributed by atoms with van der Waals surface area (Å²) in [5.41, 5.74) is 8.48. The van der Waals surface area contributed by atoms with Gasteiger partial charge in [-0.2, -0.15) is 5.10 Å². The van der Waals surface area contributed by atoms with Crippen molar-refractivity contribution in [3.05, 3.63) is 137 Å². The predicted molar refractivity (Wildman–Crippen MR) is 143 cm³/mol. The second-order valence-electron chi connectivity index (χ2n) is 9.09. The van der Waals surface area contributed by atoms with Crippen LogP contribution in [0, 0.1) is 0 Å². The van der Waals surface area contributed by atoms with Gasteiger partial charge in [-0.1, -0.05) is 54.6 Å². The second kappa shape index (κ2) is 11.5. The highest BCUT2D eigenvalue weighted by Crippen LogP contribution is 2.14. The van der Waals surface area contributed by atoms with Crippen molar-refractivity contribution < 1.29 is 19.2 Å². The maximum atomic E-state index is 12.5. The van der Waals surface area contributed by atoms with Gasteiger partial charge >= 0.3 is 5.97 Å². The summed E-state index contributed by atoms with van der Waals surface area (Å²) in [5, 5.41) is 4.06. The minimum absolute atomic E-state index is 0.268. The zero-order chi connectivity index (χ0) is 25.5. The van der Waals surface area contributed by atoms with Gasteiger partial charge in [-0.3, -0.25) is 4.79 Å². The van der Waals surface area contributed by atoms with Crippen LogP contribution in [-0.2, 0) is 19.5 Å². The first-order valence-electron chi connectivity index (χ1n) is 12.3. The van der Waals surface area contributed by atoms with E-state index in [1.807, 2.05) is 30.3 Å². The van der Waals surface area contributed by atoms with Crippen LogP contribution in [0.3, 0.4) is 0 Å². The van der Waals surface area contributed by atoms with Gasteiger partial charge in [0.1, 0.15) is 18.8 Å². The molecule has 1 amide bonds. The second-order valence-corrected chi connectivity index (χ2v) is 9.09. The molecule has 0 aromatic heterocycles. The molecule has 0 aliphatic carbocycles. The molecule has 1 heterocycles. The largest absolute Gasteiger partial charge is 0.423 e. The molecule has 1 atom stereocenters. The molecule has 0 spiro atoms. The fraction of sp³-hybridized carbons (Fsp3) is 0.129. The van der Waals surface area contributed by atoms with Crippen LogP contribution in [0.5, 0.6) is 5.75 Å². The van der Waals surface area contributed by atoms with E-state index >= 15 is 0 Å². The van der Waals surface area contributed by atoms with E-state index in [0.717, 1.165) is 31.6 Å². The van der Waals surface area contributed by atoms with Gasteiger partial charge < -0.3 is 9.64 Å². The van der Waals surface area contributed by atoms with Crippen LogP contribution in [0.25, 0.3) is 0 Å². The first kappa shape index (κ1) is 24.2. The van der Waals surface area contributed by atoms with Crippen molar-refractivity contribution >= 4 is 18.1 Å². The van der Waals surface area contributed by atoms with Crippen molar-refractivity contribution in [1.82, 2.24) is 5.43 Å². The maximum absolute atomic E-state index is 12.5. The molecule has 5 rings (SSSR count). The molecule has 4 aromatic rings. The molecule has 0 bridgehead atoms. The third-order valence-electron chi connectivity index (χ3n) is 6.46. The van der Waals surface area contributed by atoms with Crippen LogP contribution < -0.4 is 15.1 Å². The zero-order valence-electron chi connectivity index (χ0n) is 20.4. The van der Waals surface area contributed by atoms with Crippen LogP contribution in [0.15, 0.2) is 108 Å². The third kappa shape index (κ3) is 6.37. The third-order valence-corrected chi connectivity index (χ3v) is 6.46. The summed E-state index contributed by atoms with van der Waals surface area (Å²) in [6, 6.07) is 32.1. The summed E-state index contributed by atoms with van der Waals surface area (Å²) in [7, 11) is 0. The van der Waals surface area contributed by atoms with Gasteiger partial charge in [0.15, 0.2) is 0 Å². The van der Waals surface area contributed by atoms with E-state index in [9.17, 15) is 9.59 Å². The molecule has 1 unspecified atom stereocenters. The lowest BCUT2D eigenvalue weighted by atomic mass is 9.99. The quantitative estimate of drug-likeness (QED) is 0.179. The summed E-state index contributed by atoms with van der Waals surface area (Å²) in [6.45, 7) is 3.08. The Balaban J connectivity index is 1.10. The number of fused-ring (bicyclic) bond motifs is 1. The number of rotatable bonds is 7. The number of nitrogens with one attached hydrogen (secondary N) is 2. The maximum Gasteiger partial charge on any atom is 0.343 e. The standard InChI is InChI=1S/C31H27N3O3/c35-30(26-14-10-24(11-15-26)21-34-19-18-25-6-4-5-9-28(25)22-34)33-32-20-23-12-16-29(17-13-23)37-31(36)27-7-2-1-3-8-27/h1-17,20H,18-19,21-22H2,(H,33,35)/p+1/b32-20-.